The average Bonchev–Trinajstić information content (AvgIpc) is 3.34. The minimum absolute atomic E-state index is 0.000971. The van der Waals surface area contributed by atoms with E-state index in [1.165, 1.54) is 6.20 Å². The number of carbonyl (C=O) groups excluding carboxylic acids is 1. The van der Waals surface area contributed by atoms with E-state index in [4.69, 9.17) is 4.74 Å². The molecule has 0 saturated carbocycles. The van der Waals surface area contributed by atoms with Gasteiger partial charge < -0.3 is 14.5 Å². The zero-order valence-electron chi connectivity index (χ0n) is 21.1. The average molecular weight is 474 g/mol. The summed E-state index contributed by atoms with van der Waals surface area (Å²) in [5.41, 5.74) is 1.03. The minimum Gasteiger partial charge on any atom is -0.385 e. The number of hydrogen-bond donors (Lipinski definition) is 0. The van der Waals surface area contributed by atoms with Crippen molar-refractivity contribution in [3.63, 3.8) is 0 Å². The number of ether oxygens (including phenoxy) is 1. The third-order valence-corrected chi connectivity index (χ3v) is 7.11. The molecule has 0 radical (unpaired) electrons. The summed E-state index contributed by atoms with van der Waals surface area (Å²) in [5.74, 6) is 0.147. The van der Waals surface area contributed by atoms with Crippen molar-refractivity contribution < 1.29 is 13.9 Å². The molecular formula is C24H36FN7O2. The van der Waals surface area contributed by atoms with E-state index in [1.54, 1.807) is 18.0 Å². The lowest BCUT2D eigenvalue weighted by Crippen LogP contribution is -2.61. The lowest BCUT2D eigenvalue weighted by atomic mass is 10.0. The van der Waals surface area contributed by atoms with Gasteiger partial charge in [-0.2, -0.15) is 5.10 Å². The summed E-state index contributed by atoms with van der Waals surface area (Å²) in [6.45, 7) is 13.8. The maximum absolute atomic E-state index is 14.7. The van der Waals surface area contributed by atoms with E-state index >= 15 is 0 Å². The Labute approximate surface area is 200 Å². The van der Waals surface area contributed by atoms with Crippen LogP contribution in [0.25, 0.3) is 5.82 Å². The smallest absolute Gasteiger partial charge is 0.321 e. The number of fused-ring (bicyclic) bond motifs is 1. The number of halogens is 1. The standard InChI is InChI=1S/C24H36FN7O2/c1-7-20-26-12-19(25)22(28-20)32-21-18(11-27-32)15-31(24(21,4)5)23(33)30-14-16(2)29(13-17(30)3)9-8-10-34-6/h11-12,16-17H,7-10,13-15H2,1-6H3/t16-,17+/m1/s1. The van der Waals surface area contributed by atoms with Gasteiger partial charge in [-0.1, -0.05) is 6.92 Å². The Morgan fingerprint density at radius 3 is 2.71 bits per heavy atom. The molecule has 10 heteroatoms. The normalized spacial score (nSPS) is 22.3. The van der Waals surface area contributed by atoms with E-state index in [0.717, 1.165) is 37.4 Å². The van der Waals surface area contributed by atoms with E-state index in [1.807, 2.05) is 30.6 Å². The van der Waals surface area contributed by atoms with Crippen LogP contribution in [0.1, 0.15) is 58.1 Å². The van der Waals surface area contributed by atoms with Crippen LogP contribution in [0.15, 0.2) is 12.4 Å². The summed E-state index contributed by atoms with van der Waals surface area (Å²) in [6, 6.07) is 0.359. The fraction of sp³-hybridized carbons (Fsp3) is 0.667. The first-order valence-electron chi connectivity index (χ1n) is 12.1. The molecule has 34 heavy (non-hydrogen) atoms. The number of urea groups is 1. The molecule has 2 aromatic heterocycles. The van der Waals surface area contributed by atoms with Crippen molar-refractivity contribution >= 4 is 6.03 Å². The Bertz CT molecular complexity index is 1040. The first-order valence-corrected chi connectivity index (χ1v) is 12.1. The third kappa shape index (κ3) is 4.29. The van der Waals surface area contributed by atoms with Crippen molar-refractivity contribution in [2.45, 2.75) is 71.6 Å². The van der Waals surface area contributed by atoms with Gasteiger partial charge in [0, 0.05) is 57.4 Å². The summed E-state index contributed by atoms with van der Waals surface area (Å²) in [4.78, 5) is 28.5. The molecule has 2 aliphatic heterocycles. The highest BCUT2D eigenvalue weighted by atomic mass is 19.1. The van der Waals surface area contributed by atoms with E-state index in [2.05, 4.69) is 33.8 Å². The molecule has 4 rings (SSSR count). The van der Waals surface area contributed by atoms with E-state index in [9.17, 15) is 9.18 Å². The second-order valence-electron chi connectivity index (χ2n) is 9.86. The predicted molar refractivity (Wildman–Crippen MR) is 126 cm³/mol. The van der Waals surface area contributed by atoms with E-state index in [0.29, 0.717) is 25.3 Å². The van der Waals surface area contributed by atoms with Gasteiger partial charge in [0.25, 0.3) is 0 Å². The van der Waals surface area contributed by atoms with Crippen molar-refractivity contribution in [2.75, 3.05) is 33.4 Å². The molecule has 1 saturated heterocycles. The second-order valence-corrected chi connectivity index (χ2v) is 9.86. The summed E-state index contributed by atoms with van der Waals surface area (Å²) in [7, 11) is 1.72. The van der Waals surface area contributed by atoms with Gasteiger partial charge in [0.1, 0.15) is 5.82 Å². The molecule has 0 unspecified atom stereocenters. The van der Waals surface area contributed by atoms with Crippen LogP contribution in [0.5, 0.6) is 0 Å². The SMILES string of the molecule is CCc1ncc(F)c(-n2ncc3c2C(C)(C)N(C(=O)N2C[C@@H](C)N(CCCOC)C[C@@H]2C)C3)n1. The molecule has 2 amide bonds. The van der Waals surface area contributed by atoms with Crippen LogP contribution in [0.2, 0.25) is 0 Å². The molecule has 186 valence electrons. The Morgan fingerprint density at radius 2 is 2.00 bits per heavy atom. The lowest BCUT2D eigenvalue weighted by Gasteiger charge is -2.47. The van der Waals surface area contributed by atoms with Crippen molar-refractivity contribution in [3.8, 4) is 5.82 Å². The number of aromatic nitrogens is 4. The first-order chi connectivity index (χ1) is 16.2. The van der Waals surface area contributed by atoms with Gasteiger partial charge in [-0.15, -0.1) is 0 Å². The molecule has 0 N–H and O–H groups in total. The van der Waals surface area contributed by atoms with Crippen LogP contribution >= 0.6 is 0 Å². The molecule has 2 aliphatic rings. The lowest BCUT2D eigenvalue weighted by molar-refractivity contribution is 0.0312. The fourth-order valence-electron chi connectivity index (χ4n) is 5.17. The van der Waals surface area contributed by atoms with Crippen LogP contribution in [0, 0.1) is 5.82 Å². The summed E-state index contributed by atoms with van der Waals surface area (Å²) in [6.07, 6.45) is 4.48. The number of piperazine rings is 1. The monoisotopic (exact) mass is 473 g/mol. The quantitative estimate of drug-likeness (QED) is 0.600. The number of hydrogen-bond acceptors (Lipinski definition) is 6. The number of carbonyl (C=O) groups is 1. The highest BCUT2D eigenvalue weighted by Crippen LogP contribution is 2.41. The Hall–Kier alpha value is -2.59. The Balaban J connectivity index is 1.56. The highest BCUT2D eigenvalue weighted by Gasteiger charge is 2.47. The summed E-state index contributed by atoms with van der Waals surface area (Å²) in [5, 5.41) is 4.44. The fourth-order valence-corrected chi connectivity index (χ4v) is 5.17. The van der Waals surface area contributed by atoms with Crippen LogP contribution < -0.4 is 0 Å². The van der Waals surface area contributed by atoms with Gasteiger partial charge in [0.15, 0.2) is 11.6 Å². The molecule has 2 aromatic rings. The second kappa shape index (κ2) is 9.58. The van der Waals surface area contributed by atoms with Gasteiger partial charge in [0.05, 0.1) is 30.2 Å². The van der Waals surface area contributed by atoms with Gasteiger partial charge >= 0.3 is 6.03 Å². The highest BCUT2D eigenvalue weighted by molar-refractivity contribution is 5.77. The van der Waals surface area contributed by atoms with Crippen molar-refractivity contribution in [1.82, 2.24) is 34.4 Å². The van der Waals surface area contributed by atoms with E-state index in [-0.39, 0.29) is 23.9 Å². The number of rotatable bonds is 6. The van der Waals surface area contributed by atoms with Crippen molar-refractivity contribution in [1.29, 1.82) is 0 Å². The van der Waals surface area contributed by atoms with Crippen LogP contribution in [-0.2, 0) is 23.2 Å². The maximum atomic E-state index is 14.7. The van der Waals surface area contributed by atoms with Crippen LogP contribution in [-0.4, -0.2) is 85.9 Å². The number of aryl methyl sites for hydroxylation is 1. The first kappa shape index (κ1) is 24.5. The molecule has 9 nitrogen and oxygen atoms in total. The van der Waals surface area contributed by atoms with Gasteiger partial charge in [-0.25, -0.2) is 23.8 Å². The Morgan fingerprint density at radius 1 is 1.24 bits per heavy atom. The third-order valence-electron chi connectivity index (χ3n) is 7.11. The topological polar surface area (TPSA) is 79.6 Å². The molecule has 0 aliphatic carbocycles. The van der Waals surface area contributed by atoms with Crippen LogP contribution in [0.4, 0.5) is 9.18 Å². The minimum atomic E-state index is -0.675. The zero-order chi connectivity index (χ0) is 24.6. The number of methoxy groups -OCH3 is 1. The molecule has 0 bridgehead atoms. The number of amides is 2. The molecule has 1 fully saturated rings. The van der Waals surface area contributed by atoms with Crippen molar-refractivity contribution in [3.05, 3.63) is 35.3 Å². The predicted octanol–water partition coefficient (Wildman–Crippen LogP) is 2.97. The maximum Gasteiger partial charge on any atom is 0.321 e. The van der Waals surface area contributed by atoms with Gasteiger partial charge in [0.2, 0.25) is 0 Å². The molecular weight excluding hydrogens is 437 g/mol. The number of nitrogens with zero attached hydrogens (tertiary/aromatic N) is 7. The zero-order valence-corrected chi connectivity index (χ0v) is 21.1. The summed E-state index contributed by atoms with van der Waals surface area (Å²) < 4.78 is 21.4. The van der Waals surface area contributed by atoms with Gasteiger partial charge in [-0.05, 0) is 34.1 Å². The molecule has 4 heterocycles. The van der Waals surface area contributed by atoms with Crippen LogP contribution in [0.3, 0.4) is 0 Å². The largest absolute Gasteiger partial charge is 0.385 e. The molecule has 0 aromatic carbocycles. The van der Waals surface area contributed by atoms with Crippen molar-refractivity contribution in [2.24, 2.45) is 0 Å². The summed E-state index contributed by atoms with van der Waals surface area (Å²) >= 11 is 0. The van der Waals surface area contributed by atoms with Gasteiger partial charge in [-0.3, -0.25) is 4.90 Å². The molecule has 0 spiro atoms. The Kier molecular flexibility index (Phi) is 6.91. The van der Waals surface area contributed by atoms with E-state index < -0.39 is 11.4 Å². The molecule has 2 atom stereocenters.